The predicted octanol–water partition coefficient (Wildman–Crippen LogP) is 5.55. The lowest BCUT2D eigenvalue weighted by atomic mass is 10.2. The maximum Gasteiger partial charge on any atom is 0.323 e. The van der Waals surface area contributed by atoms with Crippen LogP contribution in [0.25, 0.3) is 6.08 Å². The highest BCUT2D eigenvalue weighted by Gasteiger charge is 2.07. The van der Waals surface area contributed by atoms with Crippen molar-refractivity contribution in [2.75, 3.05) is 5.32 Å². The average Bonchev–Trinajstić information content (AvgIpc) is 2.45. The third kappa shape index (κ3) is 4.49. The van der Waals surface area contributed by atoms with E-state index in [-0.39, 0.29) is 0 Å². The van der Waals surface area contributed by atoms with Gasteiger partial charge in [0.05, 0.1) is 15.7 Å². The third-order valence-corrected chi connectivity index (χ3v) is 3.94. The molecule has 2 aromatic rings. The lowest BCUT2D eigenvalue weighted by Gasteiger charge is -2.08. The number of halogens is 3. The smallest absolute Gasteiger partial charge is 0.314 e. The first kappa shape index (κ1) is 15.9. The van der Waals surface area contributed by atoms with Crippen molar-refractivity contribution < 1.29 is 4.79 Å². The highest BCUT2D eigenvalue weighted by Crippen LogP contribution is 2.29. The van der Waals surface area contributed by atoms with Crippen LogP contribution in [0, 0.1) is 0 Å². The zero-order chi connectivity index (χ0) is 15.2. The first-order valence-corrected chi connectivity index (χ1v) is 7.55. The van der Waals surface area contributed by atoms with Gasteiger partial charge in [-0.15, -0.1) is 0 Å². The fourth-order valence-corrected chi connectivity index (χ4v) is 2.49. The molecule has 0 aliphatic rings. The zero-order valence-electron chi connectivity index (χ0n) is 10.7. The fraction of sp³-hybridized carbons (Fsp3) is 0. The van der Waals surface area contributed by atoms with E-state index in [1.54, 1.807) is 30.5 Å². The van der Waals surface area contributed by atoms with Gasteiger partial charge in [-0.05, 0) is 29.8 Å². The number of carbonyl (C=O) groups is 1. The molecule has 0 fully saturated rings. The minimum Gasteiger partial charge on any atom is -0.314 e. The van der Waals surface area contributed by atoms with Crippen LogP contribution in [-0.2, 0) is 0 Å². The molecule has 0 bridgehead atoms. The minimum atomic E-state index is -0.423. The second-order valence-electron chi connectivity index (χ2n) is 4.05. The van der Waals surface area contributed by atoms with Crippen LogP contribution in [0.15, 0.2) is 53.1 Å². The summed E-state index contributed by atoms with van der Waals surface area (Å²) in [5, 5.41) is 5.96. The van der Waals surface area contributed by atoms with Crippen molar-refractivity contribution in [3.8, 4) is 0 Å². The number of nitrogens with one attached hydrogen (secondary N) is 2. The summed E-state index contributed by atoms with van der Waals surface area (Å²) in [5.41, 5.74) is 1.33. The predicted molar refractivity (Wildman–Crippen MR) is 91.8 cm³/mol. The largest absolute Gasteiger partial charge is 0.323 e. The molecule has 2 aromatic carbocycles. The van der Waals surface area contributed by atoms with Crippen molar-refractivity contribution in [2.45, 2.75) is 0 Å². The molecule has 0 saturated carbocycles. The Morgan fingerprint density at radius 1 is 1.05 bits per heavy atom. The van der Waals surface area contributed by atoms with Crippen LogP contribution in [0.4, 0.5) is 10.5 Å². The Kier molecular flexibility index (Phi) is 5.67. The molecule has 0 aliphatic carbocycles. The molecule has 0 atom stereocenters. The van der Waals surface area contributed by atoms with Gasteiger partial charge in [-0.25, -0.2) is 4.79 Å². The highest BCUT2D eigenvalue weighted by atomic mass is 79.9. The van der Waals surface area contributed by atoms with E-state index in [4.69, 9.17) is 23.2 Å². The molecule has 0 spiro atoms. The number of hydrogen-bond acceptors (Lipinski definition) is 1. The van der Waals surface area contributed by atoms with Gasteiger partial charge in [-0.3, -0.25) is 0 Å². The molecule has 0 unspecified atom stereocenters. The number of para-hydroxylation sites is 1. The molecule has 0 radical (unpaired) electrons. The molecule has 21 heavy (non-hydrogen) atoms. The Morgan fingerprint density at radius 3 is 2.38 bits per heavy atom. The molecule has 3 nitrogen and oxygen atoms in total. The van der Waals surface area contributed by atoms with Gasteiger partial charge in [0.2, 0.25) is 0 Å². The molecule has 0 aromatic heterocycles. The van der Waals surface area contributed by atoms with Crippen LogP contribution in [0.5, 0.6) is 0 Å². The van der Waals surface area contributed by atoms with Crippen molar-refractivity contribution in [3.63, 3.8) is 0 Å². The van der Waals surface area contributed by atoms with Crippen molar-refractivity contribution in [1.29, 1.82) is 0 Å². The van der Waals surface area contributed by atoms with Crippen LogP contribution in [0.3, 0.4) is 0 Å². The molecule has 108 valence electrons. The quantitative estimate of drug-likeness (QED) is 0.714. The van der Waals surface area contributed by atoms with Crippen LogP contribution in [0.2, 0.25) is 10.0 Å². The Balaban J connectivity index is 1.98. The maximum absolute atomic E-state index is 11.8. The summed E-state index contributed by atoms with van der Waals surface area (Å²) >= 11 is 15.4. The average molecular weight is 386 g/mol. The summed E-state index contributed by atoms with van der Waals surface area (Å²) in [5.74, 6) is 0. The molecule has 2 amide bonds. The number of amides is 2. The second-order valence-corrected chi connectivity index (χ2v) is 5.72. The van der Waals surface area contributed by atoms with Crippen LogP contribution >= 0.6 is 39.1 Å². The Bertz CT molecular complexity index is 669. The summed E-state index contributed by atoms with van der Waals surface area (Å²) in [6.07, 6.45) is 3.32. The summed E-state index contributed by atoms with van der Waals surface area (Å²) in [6.45, 7) is 0. The van der Waals surface area contributed by atoms with Gasteiger partial charge in [0.1, 0.15) is 0 Å². The molecule has 2 rings (SSSR count). The van der Waals surface area contributed by atoms with E-state index in [0.717, 1.165) is 10.0 Å². The topological polar surface area (TPSA) is 41.1 Å². The number of benzene rings is 2. The minimum absolute atomic E-state index is 0.382. The Hall–Kier alpha value is -1.49. The fourth-order valence-electron chi connectivity index (χ4n) is 1.58. The lowest BCUT2D eigenvalue weighted by Crippen LogP contribution is -2.24. The van der Waals surface area contributed by atoms with Gasteiger partial charge in [0.25, 0.3) is 0 Å². The van der Waals surface area contributed by atoms with Crippen LogP contribution < -0.4 is 10.6 Å². The van der Waals surface area contributed by atoms with E-state index in [0.29, 0.717) is 15.7 Å². The van der Waals surface area contributed by atoms with E-state index in [1.165, 1.54) is 0 Å². The number of urea groups is 1. The second kappa shape index (κ2) is 7.50. The van der Waals surface area contributed by atoms with Crippen molar-refractivity contribution >= 4 is 56.9 Å². The van der Waals surface area contributed by atoms with E-state index in [1.807, 2.05) is 24.3 Å². The van der Waals surface area contributed by atoms with Gasteiger partial charge < -0.3 is 10.6 Å². The molecular weight excluding hydrogens is 375 g/mol. The first-order valence-electron chi connectivity index (χ1n) is 6.00. The van der Waals surface area contributed by atoms with E-state index >= 15 is 0 Å². The number of carbonyl (C=O) groups excluding carboxylic acids is 1. The first-order chi connectivity index (χ1) is 10.1. The van der Waals surface area contributed by atoms with Crippen molar-refractivity contribution in [1.82, 2.24) is 5.32 Å². The zero-order valence-corrected chi connectivity index (χ0v) is 13.8. The normalized spacial score (nSPS) is 10.6. The summed E-state index contributed by atoms with van der Waals surface area (Å²) < 4.78 is 0.942. The van der Waals surface area contributed by atoms with Gasteiger partial charge >= 0.3 is 6.03 Å². The SMILES string of the molecule is O=C(N/C=C/c1ccccc1Br)Nc1c(Cl)cccc1Cl. The number of rotatable bonds is 3. The van der Waals surface area contributed by atoms with E-state index in [9.17, 15) is 4.79 Å². The van der Waals surface area contributed by atoms with Gasteiger partial charge in [-0.2, -0.15) is 0 Å². The summed E-state index contributed by atoms with van der Waals surface area (Å²) in [6, 6.07) is 12.3. The van der Waals surface area contributed by atoms with E-state index in [2.05, 4.69) is 26.6 Å². The van der Waals surface area contributed by atoms with Crippen LogP contribution in [0.1, 0.15) is 5.56 Å². The summed E-state index contributed by atoms with van der Waals surface area (Å²) in [7, 11) is 0. The standard InChI is InChI=1S/C15H11BrCl2N2O/c16-11-5-2-1-4-10(11)8-9-19-15(21)20-14-12(17)6-3-7-13(14)18/h1-9H,(H2,19,20,21)/b9-8+. The third-order valence-electron chi connectivity index (χ3n) is 2.58. The van der Waals surface area contributed by atoms with Crippen molar-refractivity contribution in [3.05, 3.63) is 68.7 Å². The lowest BCUT2D eigenvalue weighted by molar-refractivity contribution is 0.255. The number of hydrogen-bond donors (Lipinski definition) is 2. The van der Waals surface area contributed by atoms with Crippen molar-refractivity contribution in [2.24, 2.45) is 0 Å². The Morgan fingerprint density at radius 2 is 1.71 bits per heavy atom. The van der Waals surface area contributed by atoms with Gasteiger partial charge in [0, 0.05) is 10.7 Å². The van der Waals surface area contributed by atoms with Gasteiger partial charge in [-0.1, -0.05) is 63.4 Å². The van der Waals surface area contributed by atoms with Gasteiger partial charge in [0.15, 0.2) is 0 Å². The molecular formula is C15H11BrCl2N2O. The number of anilines is 1. The highest BCUT2D eigenvalue weighted by molar-refractivity contribution is 9.10. The molecule has 2 N–H and O–H groups in total. The Labute approximate surface area is 141 Å². The monoisotopic (exact) mass is 384 g/mol. The summed E-state index contributed by atoms with van der Waals surface area (Å²) in [4.78, 5) is 11.8. The molecule has 6 heteroatoms. The van der Waals surface area contributed by atoms with E-state index < -0.39 is 6.03 Å². The maximum atomic E-state index is 11.8. The molecule has 0 aliphatic heterocycles. The molecule has 0 heterocycles. The van der Waals surface area contributed by atoms with Crippen LogP contribution in [-0.4, -0.2) is 6.03 Å². The molecule has 0 saturated heterocycles.